The molecule has 0 bridgehead atoms. The standard InChI is InChI=1S/C18H31N3/c1-14(2)10-19-11-16-6-5-7-17(20-16)13-21(12-15(3)4)18-8-9-18/h5-7,14-15,18-19H,8-13H2,1-4H3. The molecule has 3 heteroatoms. The smallest absolute Gasteiger partial charge is 0.0547 e. The molecule has 0 aromatic carbocycles. The van der Waals surface area contributed by atoms with Crippen LogP contribution in [0.5, 0.6) is 0 Å². The monoisotopic (exact) mass is 289 g/mol. The fourth-order valence-electron chi connectivity index (χ4n) is 2.66. The van der Waals surface area contributed by atoms with Crippen molar-refractivity contribution in [1.29, 1.82) is 0 Å². The highest BCUT2D eigenvalue weighted by Crippen LogP contribution is 2.28. The summed E-state index contributed by atoms with van der Waals surface area (Å²) in [7, 11) is 0. The number of rotatable bonds is 9. The predicted molar refractivity (Wildman–Crippen MR) is 89.1 cm³/mol. The molecule has 0 amide bonds. The quantitative estimate of drug-likeness (QED) is 0.755. The summed E-state index contributed by atoms with van der Waals surface area (Å²) in [6.07, 6.45) is 2.73. The van der Waals surface area contributed by atoms with Gasteiger partial charge in [0, 0.05) is 25.7 Å². The Bertz CT molecular complexity index is 424. The lowest BCUT2D eigenvalue weighted by Crippen LogP contribution is -2.30. The highest BCUT2D eigenvalue weighted by atomic mass is 15.2. The van der Waals surface area contributed by atoms with Crippen LogP contribution in [0, 0.1) is 11.8 Å². The summed E-state index contributed by atoms with van der Waals surface area (Å²) in [5.41, 5.74) is 2.37. The van der Waals surface area contributed by atoms with Crippen molar-refractivity contribution in [2.75, 3.05) is 13.1 Å². The van der Waals surface area contributed by atoms with Crippen LogP contribution in [-0.2, 0) is 13.1 Å². The van der Waals surface area contributed by atoms with Crippen LogP contribution in [0.1, 0.15) is 51.9 Å². The second-order valence-corrected chi connectivity index (χ2v) is 7.20. The normalized spacial score (nSPS) is 15.4. The lowest BCUT2D eigenvalue weighted by molar-refractivity contribution is 0.223. The molecule has 1 aliphatic carbocycles. The number of pyridine rings is 1. The van der Waals surface area contributed by atoms with Crippen molar-refractivity contribution in [3.8, 4) is 0 Å². The van der Waals surface area contributed by atoms with Crippen LogP contribution in [0.3, 0.4) is 0 Å². The highest BCUT2D eigenvalue weighted by molar-refractivity contribution is 5.11. The zero-order chi connectivity index (χ0) is 15.2. The first-order chi connectivity index (χ1) is 10.0. The van der Waals surface area contributed by atoms with Gasteiger partial charge >= 0.3 is 0 Å². The van der Waals surface area contributed by atoms with E-state index in [2.05, 4.69) is 56.1 Å². The van der Waals surface area contributed by atoms with Crippen LogP contribution in [0.25, 0.3) is 0 Å². The van der Waals surface area contributed by atoms with Gasteiger partial charge in [-0.05, 0) is 43.4 Å². The number of hydrogen-bond donors (Lipinski definition) is 1. The number of nitrogens with one attached hydrogen (secondary N) is 1. The molecular weight excluding hydrogens is 258 g/mol. The third-order valence-corrected chi connectivity index (χ3v) is 3.75. The van der Waals surface area contributed by atoms with Gasteiger partial charge in [0.2, 0.25) is 0 Å². The molecular formula is C18H31N3. The zero-order valence-electron chi connectivity index (χ0n) is 14.1. The van der Waals surface area contributed by atoms with E-state index in [1.54, 1.807) is 0 Å². The molecule has 1 aromatic rings. The summed E-state index contributed by atoms with van der Waals surface area (Å²) in [6.45, 7) is 13.2. The van der Waals surface area contributed by atoms with E-state index < -0.39 is 0 Å². The Morgan fingerprint density at radius 3 is 2.48 bits per heavy atom. The molecule has 118 valence electrons. The first-order valence-electron chi connectivity index (χ1n) is 8.44. The first-order valence-corrected chi connectivity index (χ1v) is 8.44. The number of nitrogens with zero attached hydrogens (tertiary/aromatic N) is 2. The summed E-state index contributed by atoms with van der Waals surface area (Å²) in [6, 6.07) is 7.24. The van der Waals surface area contributed by atoms with Gasteiger partial charge in [0.25, 0.3) is 0 Å². The lowest BCUT2D eigenvalue weighted by Gasteiger charge is -2.23. The molecule has 2 rings (SSSR count). The summed E-state index contributed by atoms with van der Waals surface area (Å²) < 4.78 is 0. The Morgan fingerprint density at radius 2 is 1.86 bits per heavy atom. The second kappa shape index (κ2) is 7.90. The van der Waals surface area contributed by atoms with Crippen LogP contribution in [0.2, 0.25) is 0 Å². The molecule has 0 unspecified atom stereocenters. The molecule has 1 aromatic heterocycles. The Labute approximate surface area is 130 Å². The van der Waals surface area contributed by atoms with E-state index >= 15 is 0 Å². The molecule has 21 heavy (non-hydrogen) atoms. The lowest BCUT2D eigenvalue weighted by atomic mass is 10.2. The molecule has 1 aliphatic rings. The molecule has 0 saturated heterocycles. The van der Waals surface area contributed by atoms with Crippen LogP contribution < -0.4 is 5.32 Å². The fourth-order valence-corrected chi connectivity index (χ4v) is 2.66. The Kier molecular flexibility index (Phi) is 6.19. The van der Waals surface area contributed by atoms with Crippen molar-refractivity contribution >= 4 is 0 Å². The minimum atomic E-state index is 0.685. The van der Waals surface area contributed by atoms with Crippen molar-refractivity contribution in [2.24, 2.45) is 11.8 Å². The molecule has 0 radical (unpaired) electrons. The van der Waals surface area contributed by atoms with Crippen molar-refractivity contribution < 1.29 is 0 Å². The van der Waals surface area contributed by atoms with Gasteiger partial charge in [-0.15, -0.1) is 0 Å². The van der Waals surface area contributed by atoms with Gasteiger partial charge in [0.15, 0.2) is 0 Å². The zero-order valence-corrected chi connectivity index (χ0v) is 14.1. The van der Waals surface area contributed by atoms with Gasteiger partial charge in [-0.2, -0.15) is 0 Å². The van der Waals surface area contributed by atoms with Crippen molar-refractivity contribution in [3.63, 3.8) is 0 Å². The average Bonchev–Trinajstić information content (AvgIpc) is 3.21. The SMILES string of the molecule is CC(C)CNCc1cccc(CN(CC(C)C)C2CC2)n1. The Morgan fingerprint density at radius 1 is 1.14 bits per heavy atom. The summed E-state index contributed by atoms with van der Waals surface area (Å²) >= 11 is 0. The van der Waals surface area contributed by atoms with Crippen LogP contribution >= 0.6 is 0 Å². The van der Waals surface area contributed by atoms with E-state index in [-0.39, 0.29) is 0 Å². The van der Waals surface area contributed by atoms with E-state index in [9.17, 15) is 0 Å². The molecule has 1 saturated carbocycles. The Balaban J connectivity index is 1.89. The van der Waals surface area contributed by atoms with Crippen molar-refractivity contribution in [2.45, 2.75) is 59.7 Å². The fraction of sp³-hybridized carbons (Fsp3) is 0.722. The van der Waals surface area contributed by atoms with Crippen molar-refractivity contribution in [3.05, 3.63) is 29.6 Å². The van der Waals surface area contributed by atoms with E-state index in [1.807, 2.05) is 0 Å². The van der Waals surface area contributed by atoms with Crippen molar-refractivity contribution in [1.82, 2.24) is 15.2 Å². The van der Waals surface area contributed by atoms with E-state index in [4.69, 9.17) is 4.98 Å². The average molecular weight is 289 g/mol. The molecule has 1 fully saturated rings. The summed E-state index contributed by atoms with van der Waals surface area (Å²) in [5.74, 6) is 1.41. The van der Waals surface area contributed by atoms with Crippen LogP contribution in [0.4, 0.5) is 0 Å². The van der Waals surface area contributed by atoms with E-state index in [0.29, 0.717) is 5.92 Å². The van der Waals surface area contributed by atoms with Gasteiger partial charge < -0.3 is 5.32 Å². The van der Waals surface area contributed by atoms with E-state index in [1.165, 1.54) is 25.1 Å². The summed E-state index contributed by atoms with van der Waals surface area (Å²) in [5, 5.41) is 3.47. The first kappa shape index (κ1) is 16.4. The molecule has 0 aliphatic heterocycles. The topological polar surface area (TPSA) is 28.2 Å². The maximum absolute atomic E-state index is 4.82. The third-order valence-electron chi connectivity index (χ3n) is 3.75. The molecule has 1 N–H and O–H groups in total. The van der Waals surface area contributed by atoms with Crippen LogP contribution in [-0.4, -0.2) is 29.0 Å². The van der Waals surface area contributed by atoms with Gasteiger partial charge in [-0.25, -0.2) is 0 Å². The molecule has 3 nitrogen and oxygen atoms in total. The predicted octanol–water partition coefficient (Wildman–Crippen LogP) is 3.45. The maximum Gasteiger partial charge on any atom is 0.0547 e. The van der Waals surface area contributed by atoms with Gasteiger partial charge in [-0.1, -0.05) is 33.8 Å². The van der Waals surface area contributed by atoms with Crippen LogP contribution in [0.15, 0.2) is 18.2 Å². The van der Waals surface area contributed by atoms with Gasteiger partial charge in [0.05, 0.1) is 11.4 Å². The molecule has 0 spiro atoms. The minimum absolute atomic E-state index is 0.685. The minimum Gasteiger partial charge on any atom is -0.311 e. The second-order valence-electron chi connectivity index (χ2n) is 7.20. The largest absolute Gasteiger partial charge is 0.311 e. The number of hydrogen-bond acceptors (Lipinski definition) is 3. The third kappa shape index (κ3) is 6.15. The van der Waals surface area contributed by atoms with Gasteiger partial charge in [-0.3, -0.25) is 9.88 Å². The van der Waals surface area contributed by atoms with Gasteiger partial charge in [0.1, 0.15) is 0 Å². The number of aromatic nitrogens is 1. The maximum atomic E-state index is 4.82. The highest BCUT2D eigenvalue weighted by Gasteiger charge is 2.29. The van der Waals surface area contributed by atoms with E-state index in [0.717, 1.165) is 37.3 Å². The Hall–Kier alpha value is -0.930. The molecule has 1 heterocycles. The molecule has 0 atom stereocenters. The summed E-state index contributed by atoms with van der Waals surface area (Å²) in [4.78, 5) is 7.43.